The number of rotatable bonds is 8. The molecule has 0 saturated heterocycles. The van der Waals surface area contributed by atoms with E-state index in [-0.39, 0.29) is 29.8 Å². The molecule has 0 saturated carbocycles. The van der Waals surface area contributed by atoms with Gasteiger partial charge in [-0.3, -0.25) is 4.79 Å². The minimum atomic E-state index is -0.353. The topological polar surface area (TPSA) is 88.5 Å². The lowest BCUT2D eigenvalue weighted by Gasteiger charge is -2.24. The summed E-state index contributed by atoms with van der Waals surface area (Å²) in [7, 11) is 1.57. The number of anilines is 2. The van der Waals surface area contributed by atoms with Crippen LogP contribution in [0.15, 0.2) is 60.7 Å². The van der Waals surface area contributed by atoms with Crippen molar-refractivity contribution in [3.63, 3.8) is 0 Å². The number of benzene rings is 2. The summed E-state index contributed by atoms with van der Waals surface area (Å²) < 4.78 is 6.95. The molecule has 0 fully saturated rings. The lowest BCUT2D eigenvalue weighted by molar-refractivity contribution is -0.116. The van der Waals surface area contributed by atoms with Crippen LogP contribution in [-0.4, -0.2) is 46.8 Å². The summed E-state index contributed by atoms with van der Waals surface area (Å²) in [5.74, 6) is 1.08. The number of hydrogen-bond acceptors (Lipinski definition) is 4. The Hall–Kier alpha value is -3.81. The SMILES string of the molecule is COc1cccc(NC(=O)N(CC(=O)Nc2cc(C(C)(C)C)nn2-c2ccccc2)CC(C)C)c1. The van der Waals surface area contributed by atoms with Crippen molar-refractivity contribution in [3.8, 4) is 11.4 Å². The van der Waals surface area contributed by atoms with Gasteiger partial charge in [0.15, 0.2) is 0 Å². The molecular formula is C27H35N5O3. The second-order valence-corrected chi connectivity index (χ2v) is 9.90. The fraction of sp³-hybridized carbons (Fsp3) is 0.370. The van der Waals surface area contributed by atoms with Crippen LogP contribution in [0.5, 0.6) is 5.75 Å². The first kappa shape index (κ1) is 25.8. The number of ether oxygens (including phenoxy) is 1. The van der Waals surface area contributed by atoms with Crippen LogP contribution < -0.4 is 15.4 Å². The first-order valence-electron chi connectivity index (χ1n) is 11.7. The van der Waals surface area contributed by atoms with Crippen LogP contribution in [0.25, 0.3) is 5.69 Å². The van der Waals surface area contributed by atoms with E-state index in [4.69, 9.17) is 9.84 Å². The summed E-state index contributed by atoms with van der Waals surface area (Å²) in [5.41, 5.74) is 2.10. The molecule has 35 heavy (non-hydrogen) atoms. The molecule has 3 rings (SSSR count). The summed E-state index contributed by atoms with van der Waals surface area (Å²) in [6, 6.07) is 18.3. The van der Waals surface area contributed by atoms with Crippen molar-refractivity contribution in [2.75, 3.05) is 30.8 Å². The van der Waals surface area contributed by atoms with Gasteiger partial charge in [0.2, 0.25) is 5.91 Å². The second-order valence-electron chi connectivity index (χ2n) is 9.90. The number of hydrogen-bond donors (Lipinski definition) is 2. The Bertz CT molecular complexity index is 1150. The molecule has 0 aliphatic carbocycles. The second kappa shape index (κ2) is 11.1. The normalized spacial score (nSPS) is 11.3. The van der Waals surface area contributed by atoms with E-state index in [1.54, 1.807) is 36.1 Å². The van der Waals surface area contributed by atoms with Gasteiger partial charge in [0.1, 0.15) is 18.1 Å². The van der Waals surface area contributed by atoms with E-state index >= 15 is 0 Å². The van der Waals surface area contributed by atoms with Gasteiger partial charge < -0.3 is 20.3 Å². The van der Waals surface area contributed by atoms with Crippen molar-refractivity contribution >= 4 is 23.4 Å². The molecule has 186 valence electrons. The first-order valence-corrected chi connectivity index (χ1v) is 11.7. The van der Waals surface area contributed by atoms with Gasteiger partial charge in [0.25, 0.3) is 0 Å². The van der Waals surface area contributed by atoms with Crippen molar-refractivity contribution in [1.29, 1.82) is 0 Å². The molecule has 0 radical (unpaired) electrons. The van der Waals surface area contributed by atoms with E-state index in [9.17, 15) is 9.59 Å². The Balaban J connectivity index is 1.79. The van der Waals surface area contributed by atoms with Crippen molar-refractivity contribution in [1.82, 2.24) is 14.7 Å². The molecule has 8 heteroatoms. The van der Waals surface area contributed by atoms with Crippen LogP contribution in [0.2, 0.25) is 0 Å². The highest BCUT2D eigenvalue weighted by molar-refractivity contribution is 5.96. The molecule has 1 aromatic heterocycles. The predicted molar refractivity (Wildman–Crippen MR) is 139 cm³/mol. The zero-order valence-electron chi connectivity index (χ0n) is 21.3. The highest BCUT2D eigenvalue weighted by atomic mass is 16.5. The van der Waals surface area contributed by atoms with E-state index in [2.05, 4.69) is 31.4 Å². The maximum atomic E-state index is 13.1. The summed E-state index contributed by atoms with van der Waals surface area (Å²) in [5, 5.41) is 10.6. The van der Waals surface area contributed by atoms with E-state index in [0.717, 1.165) is 11.4 Å². The van der Waals surface area contributed by atoms with Crippen molar-refractivity contribution < 1.29 is 14.3 Å². The molecule has 3 amide bonds. The first-order chi connectivity index (χ1) is 16.6. The van der Waals surface area contributed by atoms with Crippen molar-refractivity contribution in [3.05, 3.63) is 66.4 Å². The number of amides is 3. The summed E-state index contributed by atoms with van der Waals surface area (Å²) in [6.07, 6.45) is 0. The monoisotopic (exact) mass is 477 g/mol. The maximum absolute atomic E-state index is 13.1. The third kappa shape index (κ3) is 7.09. The van der Waals surface area contributed by atoms with Crippen LogP contribution in [0.3, 0.4) is 0 Å². The van der Waals surface area contributed by atoms with Crippen LogP contribution in [0, 0.1) is 5.92 Å². The van der Waals surface area contributed by atoms with Gasteiger partial charge in [-0.2, -0.15) is 5.10 Å². The predicted octanol–water partition coefficient (Wildman–Crippen LogP) is 5.31. The Kier molecular flexibility index (Phi) is 8.17. The molecule has 0 unspecified atom stereocenters. The molecular weight excluding hydrogens is 442 g/mol. The molecule has 0 bridgehead atoms. The smallest absolute Gasteiger partial charge is 0.322 e. The number of para-hydroxylation sites is 1. The largest absolute Gasteiger partial charge is 0.497 e. The number of carbonyl (C=O) groups is 2. The van der Waals surface area contributed by atoms with Crippen molar-refractivity contribution in [2.24, 2.45) is 5.92 Å². The minimum absolute atomic E-state index is 0.0984. The number of nitrogens with zero attached hydrogens (tertiary/aromatic N) is 3. The third-order valence-corrected chi connectivity index (χ3v) is 5.27. The summed E-state index contributed by atoms with van der Waals surface area (Å²) in [4.78, 5) is 27.7. The maximum Gasteiger partial charge on any atom is 0.322 e. The molecule has 0 atom stereocenters. The Labute approximate surface area is 207 Å². The van der Waals surface area contributed by atoms with E-state index in [1.807, 2.05) is 50.2 Å². The van der Waals surface area contributed by atoms with Crippen LogP contribution in [-0.2, 0) is 10.2 Å². The number of aromatic nitrogens is 2. The summed E-state index contributed by atoms with van der Waals surface area (Å²) in [6.45, 7) is 10.6. The van der Waals surface area contributed by atoms with Gasteiger partial charge in [-0.1, -0.05) is 58.9 Å². The number of methoxy groups -OCH3 is 1. The Morgan fingerprint density at radius 3 is 2.37 bits per heavy atom. The molecule has 2 aromatic carbocycles. The van der Waals surface area contributed by atoms with Crippen LogP contribution in [0.4, 0.5) is 16.3 Å². The molecule has 2 N–H and O–H groups in total. The van der Waals surface area contributed by atoms with E-state index in [0.29, 0.717) is 23.8 Å². The zero-order chi connectivity index (χ0) is 25.6. The highest BCUT2D eigenvalue weighted by Gasteiger charge is 2.23. The van der Waals surface area contributed by atoms with Gasteiger partial charge >= 0.3 is 6.03 Å². The van der Waals surface area contributed by atoms with E-state index in [1.165, 1.54) is 4.90 Å². The lowest BCUT2D eigenvalue weighted by Crippen LogP contribution is -2.42. The highest BCUT2D eigenvalue weighted by Crippen LogP contribution is 2.26. The molecule has 0 aliphatic heterocycles. The molecule has 3 aromatic rings. The average molecular weight is 478 g/mol. The fourth-order valence-corrected chi connectivity index (χ4v) is 3.52. The Morgan fingerprint density at radius 2 is 1.74 bits per heavy atom. The van der Waals surface area contributed by atoms with Gasteiger partial charge in [-0.15, -0.1) is 0 Å². The Morgan fingerprint density at radius 1 is 1.03 bits per heavy atom. The quantitative estimate of drug-likeness (QED) is 0.460. The van der Waals surface area contributed by atoms with Gasteiger partial charge in [0, 0.05) is 29.8 Å². The minimum Gasteiger partial charge on any atom is -0.497 e. The average Bonchev–Trinajstić information content (AvgIpc) is 3.23. The van der Waals surface area contributed by atoms with Crippen LogP contribution in [0.1, 0.15) is 40.3 Å². The molecule has 8 nitrogen and oxygen atoms in total. The van der Waals surface area contributed by atoms with Gasteiger partial charge in [-0.25, -0.2) is 9.48 Å². The van der Waals surface area contributed by atoms with Gasteiger partial charge in [0.05, 0.1) is 18.5 Å². The summed E-state index contributed by atoms with van der Waals surface area (Å²) >= 11 is 0. The van der Waals surface area contributed by atoms with Crippen LogP contribution >= 0.6 is 0 Å². The fourth-order valence-electron chi connectivity index (χ4n) is 3.52. The number of nitrogens with one attached hydrogen (secondary N) is 2. The molecule has 0 aliphatic rings. The standard InChI is InChI=1S/C27H35N5O3/c1-19(2)17-31(26(34)28-20-11-10-14-22(15-20)35-6)18-25(33)29-24-16-23(27(3,4)5)30-32(24)21-12-8-7-9-13-21/h7-16,19H,17-18H2,1-6H3,(H,28,34)(H,29,33). The zero-order valence-corrected chi connectivity index (χ0v) is 21.3. The number of carbonyl (C=O) groups excluding carboxylic acids is 2. The third-order valence-electron chi connectivity index (χ3n) is 5.27. The lowest BCUT2D eigenvalue weighted by atomic mass is 9.92. The molecule has 1 heterocycles. The van der Waals surface area contributed by atoms with E-state index < -0.39 is 0 Å². The van der Waals surface area contributed by atoms with Crippen molar-refractivity contribution in [2.45, 2.75) is 40.0 Å². The molecule has 0 spiro atoms. The van der Waals surface area contributed by atoms with Gasteiger partial charge in [-0.05, 0) is 30.2 Å². The number of urea groups is 1.